The minimum Gasteiger partial charge on any atom is -0.468 e. The van der Waals surface area contributed by atoms with E-state index in [2.05, 4.69) is 5.32 Å². The van der Waals surface area contributed by atoms with E-state index in [9.17, 15) is 20.1 Å². The lowest BCUT2D eigenvalue weighted by Gasteiger charge is -2.40. The molecule has 2 aliphatic heterocycles. The Kier molecular flexibility index (Phi) is 6.82. The number of aryl methyl sites for hydroxylation is 1. The van der Waals surface area contributed by atoms with Crippen LogP contribution >= 0.6 is 0 Å². The summed E-state index contributed by atoms with van der Waals surface area (Å²) in [5.41, 5.74) is 1.70. The molecule has 0 bridgehead atoms. The molecule has 0 saturated carbocycles. The molecule has 5 unspecified atom stereocenters. The Morgan fingerprint density at radius 2 is 2.00 bits per heavy atom. The van der Waals surface area contributed by atoms with Gasteiger partial charge in [-0.3, -0.25) is 4.79 Å². The maximum Gasteiger partial charge on any atom is 0.293 e. The van der Waals surface area contributed by atoms with Crippen molar-refractivity contribution < 1.29 is 47.8 Å². The molecular weight excluding hydrogens is 432 g/mol. The Hall–Kier alpha value is -2.05. The second-order valence-electron chi connectivity index (χ2n) is 8.39. The predicted octanol–water partition coefficient (Wildman–Crippen LogP) is 0.288. The van der Waals surface area contributed by atoms with Crippen molar-refractivity contribution in [1.29, 1.82) is 0 Å². The highest BCUT2D eigenvalue weighted by Gasteiger charge is 2.49. The molecule has 0 radical (unpaired) electrons. The minimum absolute atomic E-state index is 0.0675. The molecule has 0 amide bonds. The first-order chi connectivity index (χ1) is 15.3. The van der Waals surface area contributed by atoms with Crippen LogP contribution in [0.3, 0.4) is 0 Å². The monoisotopic (exact) mass is 459 g/mol. The van der Waals surface area contributed by atoms with Crippen LogP contribution in [0, 0.1) is 5.92 Å². The van der Waals surface area contributed by atoms with Gasteiger partial charge in [0.1, 0.15) is 18.3 Å². The number of rotatable bonds is 8. The lowest BCUT2D eigenvalue weighted by atomic mass is 9.79. The number of nitrogens with one attached hydrogen (secondary N) is 1. The number of hydrogen-bond acceptors (Lipinski definition) is 9. The van der Waals surface area contributed by atoms with Crippen LogP contribution in [0.2, 0.25) is 0 Å². The summed E-state index contributed by atoms with van der Waals surface area (Å²) in [6.45, 7) is -0.983. The number of carbonyl (C=O) groups excluding carboxylic acids is 1. The van der Waals surface area contributed by atoms with E-state index in [0.29, 0.717) is 30.8 Å². The van der Waals surface area contributed by atoms with E-state index < -0.39 is 56.0 Å². The quantitative estimate of drug-likeness (QED) is 0.406. The van der Waals surface area contributed by atoms with Crippen molar-refractivity contribution in [3.63, 3.8) is 0 Å². The van der Waals surface area contributed by atoms with Crippen LogP contribution in [0.1, 0.15) is 30.0 Å². The Bertz CT molecular complexity index is 825. The molecule has 3 aliphatic rings. The van der Waals surface area contributed by atoms with E-state index in [1.54, 1.807) is 6.07 Å². The number of alkyl halides is 2. The average Bonchev–Trinajstić information content (AvgIpc) is 3.24. The van der Waals surface area contributed by atoms with Crippen LogP contribution in [0.4, 0.5) is 8.78 Å². The van der Waals surface area contributed by atoms with Gasteiger partial charge in [0, 0.05) is 18.4 Å². The molecule has 0 aromatic heterocycles. The molecule has 4 rings (SSSR count). The average molecular weight is 459 g/mol. The SMILES string of the molecule is O=COCC1CCc2cc3c(cc2C1NCC(F)(F)C1CC(O)[C@H](O)C(CO)O1)OCO3. The summed E-state index contributed by atoms with van der Waals surface area (Å²) in [5.74, 6) is -2.52. The molecule has 1 aliphatic carbocycles. The molecule has 2 heterocycles. The van der Waals surface area contributed by atoms with E-state index in [4.69, 9.17) is 18.9 Å². The van der Waals surface area contributed by atoms with Gasteiger partial charge in [-0.15, -0.1) is 0 Å². The number of hydrogen-bond donors (Lipinski definition) is 4. The second kappa shape index (κ2) is 9.44. The fraction of sp³-hybridized carbons (Fsp3) is 0.667. The third-order valence-corrected chi connectivity index (χ3v) is 6.38. The van der Waals surface area contributed by atoms with Gasteiger partial charge in [0.25, 0.3) is 12.4 Å². The Morgan fingerprint density at radius 3 is 2.72 bits per heavy atom. The summed E-state index contributed by atoms with van der Waals surface area (Å²) < 4.78 is 51.1. The standard InChI is InChI=1S/C21H27F2NO8/c22-21(23,18-5-14(27)20(28)17(6-25)32-18)8-24-19-12(7-29-9-26)2-1-11-3-15-16(4-13(11)19)31-10-30-15/h3-4,9,12,14,17-20,24-25,27-28H,1-2,5-8,10H2/t12?,14?,17?,18?,19?,20-/m0/s1. The highest BCUT2D eigenvalue weighted by Crippen LogP contribution is 2.43. The lowest BCUT2D eigenvalue weighted by molar-refractivity contribution is -0.237. The number of ether oxygens (including phenoxy) is 4. The molecule has 6 atom stereocenters. The van der Waals surface area contributed by atoms with Crippen LogP contribution in [0.5, 0.6) is 11.5 Å². The maximum atomic E-state index is 15.1. The molecule has 9 nitrogen and oxygen atoms in total. The molecule has 1 aromatic rings. The minimum atomic E-state index is -3.40. The van der Waals surface area contributed by atoms with Crippen LogP contribution in [0.25, 0.3) is 0 Å². The number of benzene rings is 1. The molecule has 4 N–H and O–H groups in total. The van der Waals surface area contributed by atoms with Gasteiger partial charge in [0.05, 0.1) is 25.9 Å². The van der Waals surface area contributed by atoms with Crippen molar-refractivity contribution in [2.45, 2.75) is 55.6 Å². The Morgan fingerprint density at radius 1 is 1.25 bits per heavy atom. The van der Waals surface area contributed by atoms with Crippen LogP contribution in [-0.4, -0.2) is 78.7 Å². The van der Waals surface area contributed by atoms with Gasteiger partial charge in [-0.1, -0.05) is 0 Å². The van der Waals surface area contributed by atoms with Crippen molar-refractivity contribution in [2.75, 3.05) is 26.6 Å². The number of aliphatic hydroxyl groups excluding tert-OH is 3. The summed E-state index contributed by atoms with van der Waals surface area (Å²) in [7, 11) is 0. The summed E-state index contributed by atoms with van der Waals surface area (Å²) in [4.78, 5) is 10.7. The second-order valence-corrected chi connectivity index (χ2v) is 8.39. The highest BCUT2D eigenvalue weighted by atomic mass is 19.3. The van der Waals surface area contributed by atoms with E-state index in [0.717, 1.165) is 11.1 Å². The number of fused-ring (bicyclic) bond motifs is 2. The predicted molar refractivity (Wildman–Crippen MR) is 104 cm³/mol. The topological polar surface area (TPSA) is 127 Å². The zero-order valence-corrected chi connectivity index (χ0v) is 17.3. The lowest BCUT2D eigenvalue weighted by Crippen LogP contribution is -2.57. The number of carbonyl (C=O) groups is 1. The van der Waals surface area contributed by atoms with E-state index in [-0.39, 0.29) is 19.3 Å². The summed E-state index contributed by atoms with van der Waals surface area (Å²) in [6, 6.07) is 3.06. The van der Waals surface area contributed by atoms with Gasteiger partial charge in [-0.2, -0.15) is 0 Å². The van der Waals surface area contributed by atoms with Gasteiger partial charge in [-0.05, 0) is 36.1 Å². The van der Waals surface area contributed by atoms with Crippen LogP contribution in [-0.2, 0) is 20.7 Å². The Labute approximate surface area is 183 Å². The summed E-state index contributed by atoms with van der Waals surface area (Å²) in [6.07, 6.45) is -5.03. The molecule has 0 spiro atoms. The molecule has 11 heteroatoms. The largest absolute Gasteiger partial charge is 0.468 e. The van der Waals surface area contributed by atoms with E-state index in [1.165, 1.54) is 0 Å². The molecule has 1 saturated heterocycles. The first kappa shape index (κ1) is 23.1. The molecule has 1 fully saturated rings. The van der Waals surface area contributed by atoms with Gasteiger partial charge in [-0.25, -0.2) is 8.78 Å². The smallest absolute Gasteiger partial charge is 0.293 e. The molecule has 32 heavy (non-hydrogen) atoms. The number of aliphatic hydroxyl groups is 3. The molecule has 1 aromatic carbocycles. The fourth-order valence-corrected chi connectivity index (χ4v) is 4.62. The summed E-state index contributed by atoms with van der Waals surface area (Å²) >= 11 is 0. The van der Waals surface area contributed by atoms with Crippen LogP contribution < -0.4 is 14.8 Å². The third-order valence-electron chi connectivity index (χ3n) is 6.38. The number of halogens is 2. The maximum absolute atomic E-state index is 15.1. The van der Waals surface area contributed by atoms with Crippen molar-refractivity contribution in [3.8, 4) is 11.5 Å². The summed E-state index contributed by atoms with van der Waals surface area (Å²) in [5, 5.41) is 31.9. The van der Waals surface area contributed by atoms with Crippen LogP contribution in [0.15, 0.2) is 12.1 Å². The van der Waals surface area contributed by atoms with E-state index >= 15 is 8.78 Å². The third kappa shape index (κ3) is 4.53. The van der Waals surface area contributed by atoms with Gasteiger partial charge in [0.2, 0.25) is 6.79 Å². The van der Waals surface area contributed by atoms with Crippen molar-refractivity contribution in [3.05, 3.63) is 23.3 Å². The van der Waals surface area contributed by atoms with Crippen molar-refractivity contribution in [2.24, 2.45) is 5.92 Å². The zero-order valence-electron chi connectivity index (χ0n) is 17.3. The van der Waals surface area contributed by atoms with Crippen molar-refractivity contribution >= 4 is 6.47 Å². The first-order valence-corrected chi connectivity index (χ1v) is 10.6. The van der Waals surface area contributed by atoms with Gasteiger partial charge >= 0.3 is 0 Å². The van der Waals surface area contributed by atoms with Crippen molar-refractivity contribution in [1.82, 2.24) is 5.32 Å². The zero-order chi connectivity index (χ0) is 22.9. The first-order valence-electron chi connectivity index (χ1n) is 10.6. The fourth-order valence-electron chi connectivity index (χ4n) is 4.62. The Balaban J connectivity index is 1.52. The van der Waals surface area contributed by atoms with E-state index in [1.807, 2.05) is 6.07 Å². The molecule has 178 valence electrons. The van der Waals surface area contributed by atoms with Gasteiger partial charge < -0.3 is 39.6 Å². The molecular formula is C21H27F2NO8. The normalized spacial score (nSPS) is 31.8. The van der Waals surface area contributed by atoms with Gasteiger partial charge in [0.15, 0.2) is 11.5 Å². The highest BCUT2D eigenvalue weighted by molar-refractivity contribution is 5.51.